The first-order valence-electron chi connectivity index (χ1n) is 5.14. The molecule has 17 heavy (non-hydrogen) atoms. The van der Waals surface area contributed by atoms with E-state index in [1.807, 2.05) is 22.6 Å². The van der Waals surface area contributed by atoms with Gasteiger partial charge in [-0.1, -0.05) is 0 Å². The van der Waals surface area contributed by atoms with Crippen LogP contribution in [0, 0.1) is 3.70 Å². The van der Waals surface area contributed by atoms with Crippen LogP contribution in [-0.4, -0.2) is 36.8 Å². The van der Waals surface area contributed by atoms with Gasteiger partial charge in [0.2, 0.25) is 0 Å². The van der Waals surface area contributed by atoms with Gasteiger partial charge in [-0.15, -0.1) is 0 Å². The average Bonchev–Trinajstić information content (AvgIpc) is 2.29. The number of aromatic nitrogens is 1. The van der Waals surface area contributed by atoms with Crippen LogP contribution in [0.15, 0.2) is 18.3 Å². The van der Waals surface area contributed by atoms with Crippen molar-refractivity contribution in [2.75, 3.05) is 24.5 Å². The Bertz CT molecular complexity index is 379. The second kappa shape index (κ2) is 4.97. The van der Waals surface area contributed by atoms with E-state index in [-0.39, 0.29) is 6.54 Å². The van der Waals surface area contributed by atoms with Gasteiger partial charge in [0.1, 0.15) is 9.74 Å². The maximum atomic E-state index is 12.9. The molecule has 7 heteroatoms. The van der Waals surface area contributed by atoms with Gasteiger partial charge in [0.25, 0.3) is 0 Å². The van der Waals surface area contributed by atoms with Crippen LogP contribution in [0.25, 0.3) is 0 Å². The summed E-state index contributed by atoms with van der Waals surface area (Å²) in [5.74, 6) is 0. The second-order valence-corrected chi connectivity index (χ2v) is 4.90. The Kier molecular flexibility index (Phi) is 3.76. The van der Waals surface area contributed by atoms with E-state index >= 15 is 0 Å². The molecular weight excluding hydrogens is 346 g/mol. The molecule has 0 radical (unpaired) electrons. The lowest BCUT2D eigenvalue weighted by Gasteiger charge is -2.38. The highest BCUT2D eigenvalue weighted by Gasteiger charge is 2.44. The van der Waals surface area contributed by atoms with E-state index in [1.165, 1.54) is 11.1 Å². The van der Waals surface area contributed by atoms with Gasteiger partial charge < -0.3 is 10.2 Å². The van der Waals surface area contributed by atoms with Crippen LogP contribution in [0.5, 0.6) is 0 Å². The van der Waals surface area contributed by atoms with Crippen molar-refractivity contribution in [3.63, 3.8) is 0 Å². The summed E-state index contributed by atoms with van der Waals surface area (Å²) >= 11 is 2.02. The number of alkyl halides is 3. The number of hydrogen-bond acceptors (Lipinski definition) is 3. The lowest BCUT2D eigenvalue weighted by atomic mass is 10.1. The number of halogens is 4. The topological polar surface area (TPSA) is 28.2 Å². The van der Waals surface area contributed by atoms with E-state index in [1.54, 1.807) is 12.1 Å². The fourth-order valence-corrected chi connectivity index (χ4v) is 2.16. The maximum absolute atomic E-state index is 12.9. The number of piperazine rings is 1. The molecule has 0 aliphatic carbocycles. The van der Waals surface area contributed by atoms with Gasteiger partial charge in [-0.3, -0.25) is 0 Å². The Balaban J connectivity index is 2.25. The van der Waals surface area contributed by atoms with Gasteiger partial charge in [0.05, 0.1) is 11.9 Å². The molecule has 1 fully saturated rings. The molecule has 1 aliphatic rings. The third-order valence-corrected chi connectivity index (χ3v) is 3.30. The monoisotopic (exact) mass is 357 g/mol. The first-order valence-corrected chi connectivity index (χ1v) is 6.22. The first-order chi connectivity index (χ1) is 7.98. The van der Waals surface area contributed by atoms with Crippen molar-refractivity contribution in [3.05, 3.63) is 22.0 Å². The summed E-state index contributed by atoms with van der Waals surface area (Å²) in [6.07, 6.45) is -2.73. The van der Waals surface area contributed by atoms with E-state index in [0.717, 1.165) is 3.70 Å². The van der Waals surface area contributed by atoms with Gasteiger partial charge in [0.15, 0.2) is 0 Å². The molecule has 1 aliphatic heterocycles. The third-order valence-electron chi connectivity index (χ3n) is 2.66. The zero-order valence-corrected chi connectivity index (χ0v) is 11.0. The molecule has 2 rings (SSSR count). The molecule has 94 valence electrons. The first kappa shape index (κ1) is 12.9. The van der Waals surface area contributed by atoms with Crippen molar-refractivity contribution in [2.24, 2.45) is 0 Å². The van der Waals surface area contributed by atoms with Gasteiger partial charge in [0, 0.05) is 19.6 Å². The molecule has 1 aromatic heterocycles. The number of nitrogens with zero attached hydrogens (tertiary/aromatic N) is 2. The van der Waals surface area contributed by atoms with Crippen LogP contribution in [0.1, 0.15) is 0 Å². The molecule has 0 amide bonds. The summed E-state index contributed by atoms with van der Waals surface area (Å²) < 4.78 is 39.3. The van der Waals surface area contributed by atoms with E-state index in [2.05, 4.69) is 10.3 Å². The van der Waals surface area contributed by atoms with E-state index in [0.29, 0.717) is 18.8 Å². The van der Waals surface area contributed by atoms with Crippen molar-refractivity contribution >= 4 is 28.3 Å². The highest BCUT2D eigenvalue weighted by atomic mass is 127. The SMILES string of the molecule is FC(F)(F)[C@H]1CNCCN1c1ccc(I)nc1. The van der Waals surface area contributed by atoms with Crippen molar-refractivity contribution < 1.29 is 13.2 Å². The lowest BCUT2D eigenvalue weighted by molar-refractivity contribution is -0.149. The molecule has 3 nitrogen and oxygen atoms in total. The minimum absolute atomic E-state index is 0.0739. The lowest BCUT2D eigenvalue weighted by Crippen LogP contribution is -2.58. The fourth-order valence-electron chi connectivity index (χ4n) is 1.84. The Morgan fingerprint density at radius 1 is 1.41 bits per heavy atom. The van der Waals surface area contributed by atoms with Crippen molar-refractivity contribution in [3.8, 4) is 0 Å². The van der Waals surface area contributed by atoms with E-state index in [9.17, 15) is 13.2 Å². The minimum atomic E-state index is -4.23. The zero-order valence-electron chi connectivity index (χ0n) is 8.84. The minimum Gasteiger partial charge on any atom is -0.356 e. The molecule has 1 saturated heterocycles. The Morgan fingerprint density at radius 3 is 2.76 bits per heavy atom. The second-order valence-electron chi connectivity index (χ2n) is 3.79. The van der Waals surface area contributed by atoms with Gasteiger partial charge >= 0.3 is 6.18 Å². The zero-order chi connectivity index (χ0) is 12.5. The summed E-state index contributed by atoms with van der Waals surface area (Å²) in [7, 11) is 0. The van der Waals surface area contributed by atoms with E-state index in [4.69, 9.17) is 0 Å². The molecule has 2 heterocycles. The highest BCUT2D eigenvalue weighted by molar-refractivity contribution is 14.1. The Labute approximate surface area is 111 Å². The average molecular weight is 357 g/mol. The number of anilines is 1. The molecule has 0 spiro atoms. The predicted octanol–water partition coefficient (Wildman–Crippen LogP) is 2.03. The highest BCUT2D eigenvalue weighted by Crippen LogP contribution is 2.29. The maximum Gasteiger partial charge on any atom is 0.409 e. The summed E-state index contributed by atoms with van der Waals surface area (Å²) in [5.41, 5.74) is 0.522. The number of nitrogens with one attached hydrogen (secondary N) is 1. The van der Waals surface area contributed by atoms with Gasteiger partial charge in [-0.2, -0.15) is 13.2 Å². The summed E-state index contributed by atoms with van der Waals surface area (Å²) in [5, 5.41) is 2.77. The molecule has 1 aromatic rings. The van der Waals surface area contributed by atoms with Gasteiger partial charge in [-0.25, -0.2) is 4.98 Å². The van der Waals surface area contributed by atoms with E-state index < -0.39 is 12.2 Å². The smallest absolute Gasteiger partial charge is 0.356 e. The third kappa shape index (κ3) is 3.01. The molecule has 1 N–H and O–H groups in total. The van der Waals surface area contributed by atoms with Crippen LogP contribution in [0.2, 0.25) is 0 Å². The number of rotatable bonds is 1. The molecule has 0 unspecified atom stereocenters. The molecular formula is C10H11F3IN3. The summed E-state index contributed by atoms with van der Waals surface area (Å²) in [6, 6.07) is 1.92. The van der Waals surface area contributed by atoms with Crippen LogP contribution in [0.3, 0.4) is 0 Å². The predicted molar refractivity (Wildman–Crippen MR) is 67.0 cm³/mol. The summed E-state index contributed by atoms with van der Waals surface area (Å²) in [6.45, 7) is 0.820. The van der Waals surface area contributed by atoms with Crippen LogP contribution in [0.4, 0.5) is 18.9 Å². The Hall–Kier alpha value is -0.570. The number of hydrogen-bond donors (Lipinski definition) is 1. The van der Waals surface area contributed by atoms with Crippen LogP contribution in [-0.2, 0) is 0 Å². The normalized spacial score (nSPS) is 21.6. The standard InChI is InChI=1S/C10H11F3IN3/c11-10(12,13)8-6-15-3-4-17(8)7-1-2-9(14)16-5-7/h1-2,5,8,15H,3-4,6H2/t8-/m1/s1. The Morgan fingerprint density at radius 2 is 2.18 bits per heavy atom. The largest absolute Gasteiger partial charge is 0.409 e. The van der Waals surface area contributed by atoms with Crippen molar-refractivity contribution in [1.82, 2.24) is 10.3 Å². The molecule has 0 aromatic carbocycles. The molecule has 0 bridgehead atoms. The quantitative estimate of drug-likeness (QED) is 0.616. The molecule has 0 saturated carbocycles. The van der Waals surface area contributed by atoms with Gasteiger partial charge in [-0.05, 0) is 34.7 Å². The van der Waals surface area contributed by atoms with Crippen LogP contribution < -0.4 is 10.2 Å². The van der Waals surface area contributed by atoms with Crippen molar-refractivity contribution in [1.29, 1.82) is 0 Å². The van der Waals surface area contributed by atoms with Crippen LogP contribution >= 0.6 is 22.6 Å². The molecule has 1 atom stereocenters. The summed E-state index contributed by atoms with van der Waals surface area (Å²) in [4.78, 5) is 5.39. The fraction of sp³-hybridized carbons (Fsp3) is 0.500. The van der Waals surface area contributed by atoms with Crippen molar-refractivity contribution in [2.45, 2.75) is 12.2 Å². The number of pyridine rings is 1.